The summed E-state index contributed by atoms with van der Waals surface area (Å²) in [7, 11) is 0. The van der Waals surface area contributed by atoms with Crippen molar-refractivity contribution < 1.29 is 23.8 Å². The molecule has 1 aromatic carbocycles. The van der Waals surface area contributed by atoms with Crippen molar-refractivity contribution in [3.8, 4) is 5.75 Å². The molecule has 1 unspecified atom stereocenters. The zero-order valence-corrected chi connectivity index (χ0v) is 20.8. The summed E-state index contributed by atoms with van der Waals surface area (Å²) in [6.07, 6.45) is 0.542. The van der Waals surface area contributed by atoms with E-state index in [-0.39, 0.29) is 31.9 Å². The number of unbranched alkanes of at least 4 members (excludes halogenated alkanes) is 1. The van der Waals surface area contributed by atoms with Crippen LogP contribution in [-0.2, 0) is 11.3 Å². The Balaban J connectivity index is 2.38. The number of benzene rings is 1. The van der Waals surface area contributed by atoms with Gasteiger partial charge in [0.05, 0.1) is 12.6 Å². The van der Waals surface area contributed by atoms with Crippen LogP contribution in [0.2, 0.25) is 0 Å². The smallest absolute Gasteiger partial charge is 0.410 e. The first-order valence-electron chi connectivity index (χ1n) is 11.6. The van der Waals surface area contributed by atoms with Crippen LogP contribution in [0.25, 0.3) is 0 Å². The maximum Gasteiger partial charge on any atom is 0.410 e. The van der Waals surface area contributed by atoms with Gasteiger partial charge in [0.15, 0.2) is 5.69 Å². The maximum atomic E-state index is 13.1. The van der Waals surface area contributed by atoms with Gasteiger partial charge in [-0.05, 0) is 64.7 Å². The zero-order chi connectivity index (χ0) is 26.9. The molecular weight excluding hydrogens is 473 g/mol. The first kappa shape index (κ1) is 28.4. The predicted molar refractivity (Wildman–Crippen MR) is 130 cm³/mol. The van der Waals surface area contributed by atoms with Crippen molar-refractivity contribution in [1.82, 2.24) is 20.2 Å². The Labute approximate surface area is 208 Å². The van der Waals surface area contributed by atoms with Crippen LogP contribution in [-0.4, -0.2) is 50.7 Å². The summed E-state index contributed by atoms with van der Waals surface area (Å²) in [6.45, 7) is 7.15. The monoisotopic (exact) mass is 505 g/mol. The molecule has 0 fully saturated rings. The van der Waals surface area contributed by atoms with Crippen LogP contribution in [0.3, 0.4) is 0 Å². The van der Waals surface area contributed by atoms with Gasteiger partial charge in [0.1, 0.15) is 17.2 Å². The predicted octanol–water partition coefficient (Wildman–Crippen LogP) is 3.78. The van der Waals surface area contributed by atoms with Gasteiger partial charge in [-0.3, -0.25) is 14.5 Å². The zero-order valence-electron chi connectivity index (χ0n) is 20.8. The average Bonchev–Trinajstić information content (AvgIpc) is 2.81. The van der Waals surface area contributed by atoms with Gasteiger partial charge in [-0.25, -0.2) is 14.2 Å². The largest absolute Gasteiger partial charge is 0.501 e. The Morgan fingerprint density at radius 3 is 2.50 bits per heavy atom. The standard InChI is InChI=1S/C24H32FN5O6/c1-5-30(23(34)36-24(2,3)4)17(8-6-7-13-27-35)20-28-18(19(31)22(33)29-20)21(32)26-14-15-9-11-16(25)12-10-15/h9-12,17,31H,5-8,13-14H2,1-4H3,(H,26,32)(H,28,29,33). The molecule has 2 amide bonds. The molecule has 1 aromatic heterocycles. The molecule has 11 nitrogen and oxygen atoms in total. The lowest BCUT2D eigenvalue weighted by Gasteiger charge is -2.32. The van der Waals surface area contributed by atoms with E-state index < -0.39 is 46.5 Å². The molecule has 0 saturated heterocycles. The molecule has 1 heterocycles. The molecule has 2 aromatic rings. The number of carbonyl (C=O) groups is 2. The first-order valence-corrected chi connectivity index (χ1v) is 11.6. The van der Waals surface area contributed by atoms with Crippen LogP contribution in [0, 0.1) is 10.7 Å². The van der Waals surface area contributed by atoms with Crippen LogP contribution in [0.5, 0.6) is 5.75 Å². The van der Waals surface area contributed by atoms with Gasteiger partial charge in [-0.1, -0.05) is 17.3 Å². The number of hydrogen-bond acceptors (Lipinski definition) is 8. The van der Waals surface area contributed by atoms with Crippen LogP contribution in [0.1, 0.15) is 74.9 Å². The highest BCUT2D eigenvalue weighted by Crippen LogP contribution is 2.26. The molecule has 2 rings (SSSR count). The van der Waals surface area contributed by atoms with Crippen molar-refractivity contribution in [2.45, 2.75) is 65.1 Å². The molecule has 0 aliphatic heterocycles. The van der Waals surface area contributed by atoms with Crippen molar-refractivity contribution in [1.29, 1.82) is 0 Å². The molecule has 1 atom stereocenters. The summed E-state index contributed by atoms with van der Waals surface area (Å²) >= 11 is 0. The van der Waals surface area contributed by atoms with Crippen LogP contribution in [0.15, 0.2) is 34.2 Å². The summed E-state index contributed by atoms with van der Waals surface area (Å²) in [5.41, 5.74) is -1.65. The number of nitroso groups, excluding NO2 is 1. The molecule has 0 bridgehead atoms. The summed E-state index contributed by atoms with van der Waals surface area (Å²) < 4.78 is 18.6. The number of nitrogens with zero attached hydrogens (tertiary/aromatic N) is 3. The van der Waals surface area contributed by atoms with Gasteiger partial charge >= 0.3 is 6.09 Å². The Morgan fingerprint density at radius 1 is 1.25 bits per heavy atom. The fraction of sp³-hybridized carbons (Fsp3) is 0.500. The first-order chi connectivity index (χ1) is 17.0. The summed E-state index contributed by atoms with van der Waals surface area (Å²) in [5.74, 6) is -2.14. The highest BCUT2D eigenvalue weighted by Gasteiger charge is 2.31. The van der Waals surface area contributed by atoms with Gasteiger partial charge < -0.3 is 20.1 Å². The lowest BCUT2D eigenvalue weighted by Crippen LogP contribution is -2.40. The molecule has 12 heteroatoms. The van der Waals surface area contributed by atoms with Gasteiger partial charge in [0.25, 0.3) is 11.5 Å². The van der Waals surface area contributed by atoms with E-state index in [1.54, 1.807) is 27.7 Å². The number of nitrogens with one attached hydrogen (secondary N) is 2. The van der Waals surface area contributed by atoms with Crippen LogP contribution in [0.4, 0.5) is 9.18 Å². The van der Waals surface area contributed by atoms with Gasteiger partial charge in [-0.2, -0.15) is 4.91 Å². The highest BCUT2D eigenvalue weighted by atomic mass is 19.1. The number of hydrogen-bond donors (Lipinski definition) is 3. The van der Waals surface area contributed by atoms with E-state index in [1.807, 2.05) is 0 Å². The molecule has 0 saturated carbocycles. The number of ether oxygens (including phenoxy) is 1. The van der Waals surface area contributed by atoms with Gasteiger partial charge in [0.2, 0.25) is 5.75 Å². The molecule has 0 radical (unpaired) electrons. The van der Waals surface area contributed by atoms with Crippen molar-refractivity contribution in [2.75, 3.05) is 13.1 Å². The second-order valence-electron chi connectivity index (χ2n) is 9.09. The van der Waals surface area contributed by atoms with Crippen molar-refractivity contribution >= 4 is 12.0 Å². The van der Waals surface area contributed by atoms with E-state index in [2.05, 4.69) is 20.5 Å². The number of aromatic amines is 1. The summed E-state index contributed by atoms with van der Waals surface area (Å²) in [5, 5.41) is 15.6. The van der Waals surface area contributed by atoms with E-state index in [4.69, 9.17) is 4.74 Å². The molecule has 0 spiro atoms. The molecule has 0 aliphatic carbocycles. The van der Waals surface area contributed by atoms with Crippen LogP contribution < -0.4 is 10.9 Å². The van der Waals surface area contributed by atoms with Crippen molar-refractivity contribution in [3.63, 3.8) is 0 Å². The van der Waals surface area contributed by atoms with Crippen molar-refractivity contribution in [2.24, 2.45) is 5.18 Å². The Kier molecular flexibility index (Phi) is 10.1. The van der Waals surface area contributed by atoms with E-state index in [1.165, 1.54) is 29.2 Å². The Morgan fingerprint density at radius 2 is 1.92 bits per heavy atom. The maximum absolute atomic E-state index is 13.1. The second-order valence-corrected chi connectivity index (χ2v) is 9.09. The lowest BCUT2D eigenvalue weighted by atomic mass is 10.1. The molecule has 36 heavy (non-hydrogen) atoms. The summed E-state index contributed by atoms with van der Waals surface area (Å²) in [4.78, 5) is 56.7. The quantitative estimate of drug-likeness (QED) is 0.310. The third-order valence-corrected chi connectivity index (χ3v) is 5.13. The second kappa shape index (κ2) is 12.8. The fourth-order valence-electron chi connectivity index (χ4n) is 3.42. The van der Waals surface area contributed by atoms with Gasteiger partial charge in [-0.15, -0.1) is 0 Å². The minimum Gasteiger partial charge on any atom is -0.501 e. The fourth-order valence-corrected chi connectivity index (χ4v) is 3.42. The van der Waals surface area contributed by atoms with Gasteiger partial charge in [0, 0.05) is 13.1 Å². The van der Waals surface area contributed by atoms with E-state index >= 15 is 0 Å². The highest BCUT2D eigenvalue weighted by molar-refractivity contribution is 5.94. The molecule has 0 aliphatic rings. The molecular formula is C24H32FN5O6. The number of halogens is 1. The normalized spacial score (nSPS) is 12.0. The molecule has 196 valence electrons. The third-order valence-electron chi connectivity index (χ3n) is 5.13. The van der Waals surface area contributed by atoms with E-state index in [9.17, 15) is 28.8 Å². The SMILES string of the molecule is CCN(C(=O)OC(C)(C)C)C(CCCCN=O)c1nc(C(=O)NCc2ccc(F)cc2)c(O)c(=O)[nH]1. The minimum absolute atomic E-state index is 0.00346. The Bertz CT molecular complexity index is 1110. The van der Waals surface area contributed by atoms with Crippen LogP contribution >= 0.6 is 0 Å². The van der Waals surface area contributed by atoms with Crippen molar-refractivity contribution in [3.05, 3.63) is 62.4 Å². The third kappa shape index (κ3) is 8.14. The number of rotatable bonds is 11. The number of aromatic nitrogens is 2. The number of amides is 2. The minimum atomic E-state index is -0.952. The molecule has 3 N–H and O–H groups in total. The van der Waals surface area contributed by atoms with E-state index in [0.29, 0.717) is 18.4 Å². The number of aromatic hydroxyl groups is 1. The summed E-state index contributed by atoms with van der Waals surface area (Å²) in [6, 6.07) is 4.63. The number of carbonyl (C=O) groups excluding carboxylic acids is 2. The number of H-pyrrole nitrogens is 1. The average molecular weight is 506 g/mol. The topological polar surface area (TPSA) is 154 Å². The lowest BCUT2D eigenvalue weighted by molar-refractivity contribution is 0.0150. The Hall–Kier alpha value is -3.83. The van der Waals surface area contributed by atoms with E-state index in [0.717, 1.165) is 0 Å².